The summed E-state index contributed by atoms with van der Waals surface area (Å²) in [5, 5.41) is 8.14. The quantitative estimate of drug-likeness (QED) is 0.436. The van der Waals surface area contributed by atoms with Crippen LogP contribution in [0.3, 0.4) is 0 Å². The zero-order valence-electron chi connectivity index (χ0n) is 19.4. The van der Waals surface area contributed by atoms with Crippen LogP contribution in [-0.4, -0.2) is 77.6 Å². The molecule has 2 heterocycles. The molecule has 0 unspecified atom stereocenters. The minimum Gasteiger partial charge on any atom is -0.492 e. The van der Waals surface area contributed by atoms with E-state index in [2.05, 4.69) is 20.2 Å². The zero-order valence-corrected chi connectivity index (χ0v) is 20.9. The second kappa shape index (κ2) is 11.7. The number of hydrogen-bond donors (Lipinski definition) is 1. The number of hydrogen-bond acceptors (Lipinski definition) is 6. The molecule has 184 valence electrons. The van der Waals surface area contributed by atoms with Crippen molar-refractivity contribution in [3.63, 3.8) is 0 Å². The van der Waals surface area contributed by atoms with Gasteiger partial charge in [-0.25, -0.2) is 0 Å². The number of amides is 1. The highest BCUT2D eigenvalue weighted by Crippen LogP contribution is 2.36. The van der Waals surface area contributed by atoms with Gasteiger partial charge >= 0.3 is 0 Å². The fourth-order valence-corrected chi connectivity index (χ4v) is 4.51. The predicted molar refractivity (Wildman–Crippen MR) is 137 cm³/mol. The molecule has 0 radical (unpaired) electrons. The molecule has 0 saturated carbocycles. The van der Waals surface area contributed by atoms with Crippen LogP contribution in [0.4, 0.5) is 5.69 Å². The zero-order chi connectivity index (χ0) is 24.8. The lowest BCUT2D eigenvalue weighted by molar-refractivity contribution is -0.109. The van der Waals surface area contributed by atoms with Crippen molar-refractivity contribution in [2.75, 3.05) is 51.2 Å². The fourth-order valence-electron chi connectivity index (χ4n) is 4.05. The van der Waals surface area contributed by atoms with E-state index in [9.17, 15) is 9.59 Å². The molecule has 0 aliphatic carbocycles. The first-order chi connectivity index (χ1) is 16.9. The van der Waals surface area contributed by atoms with E-state index in [4.69, 9.17) is 27.9 Å². The third-order valence-electron chi connectivity index (χ3n) is 5.94. The number of nitrogens with one attached hydrogen (secondary N) is 1. The Morgan fingerprint density at radius 3 is 2.57 bits per heavy atom. The molecule has 35 heavy (non-hydrogen) atoms. The molecule has 1 N–H and O–H groups in total. The maximum Gasteiger partial charge on any atom is 0.255 e. The molecule has 0 spiro atoms. The van der Waals surface area contributed by atoms with Gasteiger partial charge in [-0.3, -0.25) is 19.3 Å². The smallest absolute Gasteiger partial charge is 0.255 e. The van der Waals surface area contributed by atoms with Gasteiger partial charge in [0.2, 0.25) is 0 Å². The van der Waals surface area contributed by atoms with E-state index in [0.29, 0.717) is 45.9 Å². The minimum absolute atomic E-state index is 0.267. The average Bonchev–Trinajstić information content (AvgIpc) is 3.18. The van der Waals surface area contributed by atoms with Gasteiger partial charge in [0.15, 0.2) is 0 Å². The SMILES string of the molecule is Cn1ncc(Cl)c1-c1cc(NC(=O)c2cccc(Cl)c2)ccc1OCCN1CCN(CC=O)CC1. The normalized spacial score (nSPS) is 14.6. The highest BCUT2D eigenvalue weighted by Gasteiger charge is 2.19. The Hall–Kier alpha value is -2.91. The van der Waals surface area contributed by atoms with E-state index in [-0.39, 0.29) is 5.91 Å². The van der Waals surface area contributed by atoms with Gasteiger partial charge in [0.05, 0.1) is 23.5 Å². The third-order valence-corrected chi connectivity index (χ3v) is 6.45. The van der Waals surface area contributed by atoms with Gasteiger partial charge in [-0.15, -0.1) is 0 Å². The number of benzene rings is 2. The lowest BCUT2D eigenvalue weighted by atomic mass is 10.1. The highest BCUT2D eigenvalue weighted by atomic mass is 35.5. The van der Waals surface area contributed by atoms with Gasteiger partial charge in [0.1, 0.15) is 18.6 Å². The molecule has 0 bridgehead atoms. The number of carbonyl (C=O) groups is 2. The molecule has 1 fully saturated rings. The van der Waals surface area contributed by atoms with E-state index in [1.54, 1.807) is 48.3 Å². The van der Waals surface area contributed by atoms with Crippen molar-refractivity contribution in [2.45, 2.75) is 0 Å². The van der Waals surface area contributed by atoms with Crippen LogP contribution in [0.2, 0.25) is 10.0 Å². The molecule has 2 aromatic carbocycles. The fraction of sp³-hybridized carbons (Fsp3) is 0.320. The summed E-state index contributed by atoms with van der Waals surface area (Å²) in [6, 6.07) is 12.2. The van der Waals surface area contributed by atoms with Crippen molar-refractivity contribution in [1.29, 1.82) is 0 Å². The monoisotopic (exact) mass is 515 g/mol. The Labute approximate surface area is 214 Å². The number of aromatic nitrogens is 2. The van der Waals surface area contributed by atoms with Crippen LogP contribution < -0.4 is 10.1 Å². The van der Waals surface area contributed by atoms with Crippen molar-refractivity contribution in [3.8, 4) is 17.0 Å². The van der Waals surface area contributed by atoms with E-state index >= 15 is 0 Å². The molecule has 8 nitrogen and oxygen atoms in total. The summed E-state index contributed by atoms with van der Waals surface area (Å²) in [6.07, 6.45) is 2.53. The van der Waals surface area contributed by atoms with Gasteiger partial charge in [-0.2, -0.15) is 5.10 Å². The van der Waals surface area contributed by atoms with Crippen molar-refractivity contribution in [3.05, 3.63) is 64.3 Å². The number of aldehydes is 1. The van der Waals surface area contributed by atoms with Crippen molar-refractivity contribution in [2.24, 2.45) is 7.05 Å². The van der Waals surface area contributed by atoms with E-state index in [0.717, 1.165) is 44.6 Å². The second-order valence-electron chi connectivity index (χ2n) is 8.30. The number of piperazine rings is 1. The first-order valence-corrected chi connectivity index (χ1v) is 12.1. The summed E-state index contributed by atoms with van der Waals surface area (Å²) < 4.78 is 7.85. The van der Waals surface area contributed by atoms with Crippen LogP contribution in [0, 0.1) is 0 Å². The van der Waals surface area contributed by atoms with Gasteiger partial charge in [-0.05, 0) is 36.4 Å². The molecular formula is C25H27Cl2N5O3. The number of rotatable bonds is 9. The number of aryl methyl sites for hydroxylation is 1. The molecule has 0 atom stereocenters. The van der Waals surface area contributed by atoms with Crippen LogP contribution in [0.1, 0.15) is 10.4 Å². The molecule has 1 saturated heterocycles. The average molecular weight is 516 g/mol. The second-order valence-corrected chi connectivity index (χ2v) is 9.14. The van der Waals surface area contributed by atoms with Gasteiger partial charge in [0, 0.05) is 61.6 Å². The van der Waals surface area contributed by atoms with Crippen molar-refractivity contribution in [1.82, 2.24) is 19.6 Å². The van der Waals surface area contributed by atoms with Crippen LogP contribution in [0.5, 0.6) is 5.75 Å². The maximum absolute atomic E-state index is 12.7. The lowest BCUT2D eigenvalue weighted by Crippen LogP contribution is -2.47. The topological polar surface area (TPSA) is 79.7 Å². The van der Waals surface area contributed by atoms with Crippen LogP contribution in [0.25, 0.3) is 11.3 Å². The summed E-state index contributed by atoms with van der Waals surface area (Å²) >= 11 is 12.5. The molecule has 3 aromatic rings. The molecule has 1 amide bonds. The Morgan fingerprint density at radius 2 is 1.89 bits per heavy atom. The Kier molecular flexibility index (Phi) is 8.41. The number of anilines is 1. The molecule has 1 aliphatic rings. The summed E-state index contributed by atoms with van der Waals surface area (Å²) in [6.45, 7) is 5.27. The van der Waals surface area contributed by atoms with E-state index in [1.807, 2.05) is 12.1 Å². The molecule has 10 heteroatoms. The Bertz CT molecular complexity index is 1170. The number of nitrogens with zero attached hydrogens (tertiary/aromatic N) is 4. The Morgan fingerprint density at radius 1 is 1.11 bits per heavy atom. The van der Waals surface area contributed by atoms with Crippen molar-refractivity contribution >= 4 is 41.1 Å². The third kappa shape index (κ3) is 6.41. The van der Waals surface area contributed by atoms with Gasteiger partial charge in [0.25, 0.3) is 5.91 Å². The Balaban J connectivity index is 1.48. The van der Waals surface area contributed by atoms with Crippen molar-refractivity contribution < 1.29 is 14.3 Å². The molecular weight excluding hydrogens is 489 g/mol. The molecule has 1 aliphatic heterocycles. The lowest BCUT2D eigenvalue weighted by Gasteiger charge is -2.33. The standard InChI is InChI=1S/C25H27Cl2N5O3/c1-30-24(22(27)17-28-30)21-16-20(29-25(34)18-3-2-4-19(26)15-18)5-6-23(21)35-14-12-32-9-7-31(8-10-32)11-13-33/h2-6,13,15-17H,7-12,14H2,1H3,(H,29,34). The predicted octanol–water partition coefficient (Wildman–Crippen LogP) is 3.84. The first kappa shape index (κ1) is 25.2. The summed E-state index contributed by atoms with van der Waals surface area (Å²) in [4.78, 5) is 27.9. The van der Waals surface area contributed by atoms with Crippen LogP contribution in [-0.2, 0) is 11.8 Å². The molecule has 4 rings (SSSR count). The first-order valence-electron chi connectivity index (χ1n) is 11.3. The van der Waals surface area contributed by atoms with E-state index in [1.165, 1.54) is 0 Å². The van der Waals surface area contributed by atoms with E-state index < -0.39 is 0 Å². The van der Waals surface area contributed by atoms with Gasteiger partial charge in [-0.1, -0.05) is 29.3 Å². The number of carbonyl (C=O) groups excluding carboxylic acids is 2. The maximum atomic E-state index is 12.7. The summed E-state index contributed by atoms with van der Waals surface area (Å²) in [5.41, 5.74) is 2.49. The number of halogens is 2. The van der Waals surface area contributed by atoms with Gasteiger partial charge < -0.3 is 14.8 Å². The van der Waals surface area contributed by atoms with Crippen LogP contribution >= 0.6 is 23.2 Å². The summed E-state index contributed by atoms with van der Waals surface area (Å²) in [7, 11) is 1.81. The molecule has 1 aromatic heterocycles. The number of ether oxygens (including phenoxy) is 1. The largest absolute Gasteiger partial charge is 0.492 e. The van der Waals surface area contributed by atoms with Crippen LogP contribution in [0.15, 0.2) is 48.7 Å². The summed E-state index contributed by atoms with van der Waals surface area (Å²) in [5.74, 6) is 0.382. The highest BCUT2D eigenvalue weighted by molar-refractivity contribution is 6.33. The minimum atomic E-state index is -0.267.